The second-order valence-corrected chi connectivity index (χ2v) is 10.5. The van der Waals surface area contributed by atoms with Gasteiger partial charge in [-0.15, -0.1) is 0 Å². The number of halogens is 3. The number of nitrogens with zero attached hydrogens (tertiary/aromatic N) is 1. The van der Waals surface area contributed by atoms with Gasteiger partial charge in [0.1, 0.15) is 5.75 Å². The van der Waals surface area contributed by atoms with Crippen molar-refractivity contribution in [3.63, 3.8) is 0 Å². The molecule has 0 aliphatic carbocycles. The fourth-order valence-electron chi connectivity index (χ4n) is 4.19. The molecule has 4 rings (SSSR count). The maximum absolute atomic E-state index is 12.6. The number of carbonyl (C=O) groups is 1. The van der Waals surface area contributed by atoms with Gasteiger partial charge in [-0.05, 0) is 84.3 Å². The van der Waals surface area contributed by atoms with Gasteiger partial charge in [-0.3, -0.25) is 14.5 Å². The fourth-order valence-corrected chi connectivity index (χ4v) is 4.64. The van der Waals surface area contributed by atoms with Crippen LogP contribution >= 0.6 is 0 Å². The van der Waals surface area contributed by atoms with Gasteiger partial charge in [-0.25, -0.2) is 0 Å². The maximum atomic E-state index is 12.6. The van der Waals surface area contributed by atoms with E-state index in [1.165, 1.54) is 24.3 Å². The van der Waals surface area contributed by atoms with E-state index in [4.69, 9.17) is 0 Å². The number of aromatic nitrogens is 1. The van der Waals surface area contributed by atoms with E-state index in [9.17, 15) is 31.2 Å². The standard InChI is InChI=1S/C26H26F3N3O5S/c27-26(28,29)38(35,36)37-22-7-5-19-11-14-32(17-21(19)16-22)13-2-1-12-30-24(33)9-4-18-3-8-23-20(15-18)6-10-25(34)31-23/h3-10,15-16H,1-2,11-14,17H2,(H,30,33)(H,31,34)/b9-4+. The number of hydrogen-bond acceptors (Lipinski definition) is 6. The minimum Gasteiger partial charge on any atom is -0.376 e. The van der Waals surface area contributed by atoms with Crippen LogP contribution in [0.1, 0.15) is 29.5 Å². The minimum atomic E-state index is -5.71. The first-order chi connectivity index (χ1) is 18.0. The topological polar surface area (TPSA) is 109 Å². The Bertz CT molecular complexity index is 1520. The predicted molar refractivity (Wildman–Crippen MR) is 137 cm³/mol. The van der Waals surface area contributed by atoms with Crippen molar-refractivity contribution < 1.29 is 30.6 Å². The molecule has 0 bridgehead atoms. The van der Waals surface area contributed by atoms with E-state index in [2.05, 4.69) is 19.4 Å². The van der Waals surface area contributed by atoms with Gasteiger partial charge < -0.3 is 14.5 Å². The quantitative estimate of drug-likeness (QED) is 0.182. The highest BCUT2D eigenvalue weighted by molar-refractivity contribution is 7.88. The van der Waals surface area contributed by atoms with E-state index in [0.29, 0.717) is 19.5 Å². The first-order valence-electron chi connectivity index (χ1n) is 11.9. The number of hydrogen-bond donors (Lipinski definition) is 2. The van der Waals surface area contributed by atoms with Gasteiger partial charge in [0.2, 0.25) is 11.5 Å². The molecule has 2 aromatic carbocycles. The molecule has 0 saturated heterocycles. The number of aromatic amines is 1. The Kier molecular flexibility index (Phi) is 8.22. The third kappa shape index (κ3) is 7.01. The van der Waals surface area contributed by atoms with E-state index in [1.807, 2.05) is 12.1 Å². The molecule has 0 atom stereocenters. The Hall–Kier alpha value is -3.64. The molecule has 3 aromatic rings. The van der Waals surface area contributed by atoms with Crippen molar-refractivity contribution in [3.05, 3.63) is 81.7 Å². The molecule has 1 aliphatic rings. The van der Waals surface area contributed by atoms with Crippen molar-refractivity contribution in [2.75, 3.05) is 19.6 Å². The molecule has 1 aromatic heterocycles. The average Bonchev–Trinajstić information content (AvgIpc) is 2.86. The number of benzene rings is 2. The molecule has 1 aliphatic heterocycles. The van der Waals surface area contributed by atoms with E-state index in [-0.39, 0.29) is 17.2 Å². The van der Waals surface area contributed by atoms with Crippen LogP contribution < -0.4 is 15.1 Å². The highest BCUT2D eigenvalue weighted by Crippen LogP contribution is 2.29. The van der Waals surface area contributed by atoms with Gasteiger partial charge in [0.15, 0.2) is 0 Å². The van der Waals surface area contributed by atoms with Crippen molar-refractivity contribution in [1.82, 2.24) is 15.2 Å². The molecule has 2 heterocycles. The number of nitrogens with one attached hydrogen (secondary N) is 2. The number of unbranched alkanes of at least 4 members (excludes halogenated alkanes) is 1. The smallest absolute Gasteiger partial charge is 0.376 e. The SMILES string of the molecule is O=C(/C=C/c1ccc2[nH]c(=O)ccc2c1)NCCCCN1CCc2ccc(OS(=O)(=O)C(F)(F)F)cc2C1. The molecular weight excluding hydrogens is 523 g/mol. The lowest BCUT2D eigenvalue weighted by Gasteiger charge is -2.29. The van der Waals surface area contributed by atoms with Gasteiger partial charge in [0.05, 0.1) is 0 Å². The lowest BCUT2D eigenvalue weighted by atomic mass is 9.99. The zero-order valence-corrected chi connectivity index (χ0v) is 21.1. The summed E-state index contributed by atoms with van der Waals surface area (Å²) in [5.74, 6) is -0.586. The molecule has 38 heavy (non-hydrogen) atoms. The number of amides is 1. The second kappa shape index (κ2) is 11.4. The van der Waals surface area contributed by atoms with Crippen LogP contribution in [0.15, 0.2) is 59.4 Å². The van der Waals surface area contributed by atoms with Crippen LogP contribution in [-0.4, -0.2) is 49.4 Å². The van der Waals surface area contributed by atoms with Gasteiger partial charge in [0.25, 0.3) is 0 Å². The van der Waals surface area contributed by atoms with Crippen LogP contribution in [0.2, 0.25) is 0 Å². The van der Waals surface area contributed by atoms with Crippen molar-refractivity contribution in [1.29, 1.82) is 0 Å². The van der Waals surface area contributed by atoms with Crippen molar-refractivity contribution >= 4 is 33.0 Å². The third-order valence-electron chi connectivity index (χ3n) is 6.13. The summed E-state index contributed by atoms with van der Waals surface area (Å²) in [5.41, 5.74) is -2.44. The highest BCUT2D eigenvalue weighted by Gasteiger charge is 2.48. The molecule has 0 saturated carbocycles. The molecule has 0 unspecified atom stereocenters. The molecule has 0 spiro atoms. The Balaban J connectivity index is 1.20. The number of pyridine rings is 1. The van der Waals surface area contributed by atoms with Crippen molar-refractivity contribution in [2.24, 2.45) is 0 Å². The molecule has 0 fully saturated rings. The third-order valence-corrected chi connectivity index (χ3v) is 7.11. The zero-order valence-electron chi connectivity index (χ0n) is 20.3. The summed E-state index contributed by atoms with van der Waals surface area (Å²) in [6.07, 6.45) is 5.37. The number of fused-ring (bicyclic) bond motifs is 2. The molecule has 12 heteroatoms. The summed E-state index contributed by atoms with van der Waals surface area (Å²) in [5, 5.41) is 3.70. The summed E-state index contributed by atoms with van der Waals surface area (Å²) in [4.78, 5) is 28.4. The van der Waals surface area contributed by atoms with Crippen molar-refractivity contribution in [3.8, 4) is 5.75 Å². The first-order valence-corrected chi connectivity index (χ1v) is 13.3. The summed E-state index contributed by atoms with van der Waals surface area (Å²) >= 11 is 0. The first kappa shape index (κ1) is 27.4. The molecule has 2 N–H and O–H groups in total. The molecule has 8 nitrogen and oxygen atoms in total. The Morgan fingerprint density at radius 2 is 1.89 bits per heavy atom. The lowest BCUT2D eigenvalue weighted by molar-refractivity contribution is -0.116. The van der Waals surface area contributed by atoms with Crippen LogP contribution in [0.4, 0.5) is 13.2 Å². The largest absolute Gasteiger partial charge is 0.534 e. The number of rotatable bonds is 9. The monoisotopic (exact) mass is 549 g/mol. The van der Waals surface area contributed by atoms with Crippen LogP contribution in [0.5, 0.6) is 5.75 Å². The average molecular weight is 550 g/mol. The Morgan fingerprint density at radius 1 is 1.08 bits per heavy atom. The maximum Gasteiger partial charge on any atom is 0.534 e. The van der Waals surface area contributed by atoms with Crippen LogP contribution in [-0.2, 0) is 27.9 Å². The van der Waals surface area contributed by atoms with E-state index in [1.54, 1.807) is 24.3 Å². The Labute approximate surface area is 217 Å². The zero-order chi connectivity index (χ0) is 27.3. The highest BCUT2D eigenvalue weighted by atomic mass is 32.2. The molecule has 1 amide bonds. The predicted octanol–water partition coefficient (Wildman–Crippen LogP) is 3.72. The van der Waals surface area contributed by atoms with Gasteiger partial charge >= 0.3 is 15.6 Å². The number of H-pyrrole nitrogens is 1. The minimum absolute atomic E-state index is 0.175. The van der Waals surface area contributed by atoms with Crippen LogP contribution in [0.3, 0.4) is 0 Å². The van der Waals surface area contributed by atoms with Crippen molar-refractivity contribution in [2.45, 2.75) is 31.3 Å². The number of carbonyl (C=O) groups excluding carboxylic acids is 1. The van der Waals surface area contributed by atoms with Gasteiger partial charge in [-0.2, -0.15) is 21.6 Å². The Morgan fingerprint density at radius 3 is 2.68 bits per heavy atom. The summed E-state index contributed by atoms with van der Waals surface area (Å²) in [6, 6.07) is 12.8. The van der Waals surface area contributed by atoms with E-state index < -0.39 is 15.6 Å². The number of alkyl halides is 3. The normalized spacial score (nSPS) is 14.5. The molecule has 202 valence electrons. The molecular formula is C26H26F3N3O5S. The second-order valence-electron chi connectivity index (χ2n) is 8.94. The summed E-state index contributed by atoms with van der Waals surface area (Å²) in [7, 11) is -5.71. The summed E-state index contributed by atoms with van der Waals surface area (Å²) in [6.45, 7) is 2.44. The van der Waals surface area contributed by atoms with Crippen LogP contribution in [0, 0.1) is 0 Å². The summed E-state index contributed by atoms with van der Waals surface area (Å²) < 4.78 is 64.6. The van der Waals surface area contributed by atoms with Crippen LogP contribution in [0.25, 0.3) is 17.0 Å². The van der Waals surface area contributed by atoms with E-state index >= 15 is 0 Å². The van der Waals surface area contributed by atoms with Gasteiger partial charge in [-0.1, -0.05) is 12.1 Å². The van der Waals surface area contributed by atoms with Gasteiger partial charge in [0, 0.05) is 37.3 Å². The lowest BCUT2D eigenvalue weighted by Crippen LogP contribution is -2.32. The fraction of sp³-hybridized carbons (Fsp3) is 0.308. The molecule has 0 radical (unpaired) electrons. The van der Waals surface area contributed by atoms with E-state index in [0.717, 1.165) is 53.5 Å².